The molecule has 0 saturated carbocycles. The Morgan fingerprint density at radius 1 is 1.05 bits per heavy atom. The zero-order valence-corrected chi connectivity index (χ0v) is 11.6. The second kappa shape index (κ2) is 5.42. The van der Waals surface area contributed by atoms with E-state index in [0.29, 0.717) is 16.1 Å². The third kappa shape index (κ3) is 2.66. The Balaban J connectivity index is 2.01. The molecule has 0 aromatic heterocycles. The second-order valence-corrected chi connectivity index (χ2v) is 4.87. The van der Waals surface area contributed by atoms with Gasteiger partial charge in [-0.2, -0.15) is 4.84 Å². The molecule has 1 aliphatic heterocycles. The van der Waals surface area contributed by atoms with Crippen molar-refractivity contribution in [2.75, 3.05) is 0 Å². The van der Waals surface area contributed by atoms with E-state index in [-0.39, 0.29) is 5.57 Å². The number of hydrogen-bond acceptors (Lipinski definition) is 3. The number of benzene rings is 2. The van der Waals surface area contributed by atoms with Crippen LogP contribution in [0.1, 0.15) is 11.1 Å². The Bertz CT molecular complexity index is 749. The fraction of sp³-hybridized carbons (Fsp3) is 0. The summed E-state index contributed by atoms with van der Waals surface area (Å²) in [5.41, 5.74) is 1.27. The van der Waals surface area contributed by atoms with Gasteiger partial charge in [0.2, 0.25) is 12.1 Å². The Kier molecular flexibility index (Phi) is 3.46. The fourth-order valence-electron chi connectivity index (χ4n) is 1.99. The van der Waals surface area contributed by atoms with Crippen LogP contribution in [0.5, 0.6) is 0 Å². The summed E-state index contributed by atoms with van der Waals surface area (Å²) in [5.74, 6) is -1.14. The van der Waals surface area contributed by atoms with Gasteiger partial charge in [-0.1, -0.05) is 41.9 Å². The summed E-state index contributed by atoms with van der Waals surface area (Å²) in [6.07, 6.45) is 1.45. The molecule has 2 aromatic rings. The van der Waals surface area contributed by atoms with E-state index >= 15 is 0 Å². The molecule has 0 bridgehead atoms. The van der Waals surface area contributed by atoms with Crippen LogP contribution in [0.4, 0.5) is 0 Å². The van der Waals surface area contributed by atoms with E-state index < -0.39 is 11.9 Å². The van der Waals surface area contributed by atoms with E-state index in [1.54, 1.807) is 48.5 Å². The molecular formula is C16H10ClNO3. The average molecular weight is 300 g/mol. The first-order valence-corrected chi connectivity index (χ1v) is 6.61. The number of hydrogen-bond donors (Lipinski definition) is 0. The minimum absolute atomic E-state index is 0.0285. The van der Waals surface area contributed by atoms with Crippen LogP contribution in [-0.2, 0) is 9.63 Å². The number of nitrogens with zero attached hydrogens (tertiary/aromatic N) is 1. The highest BCUT2D eigenvalue weighted by atomic mass is 35.5. The van der Waals surface area contributed by atoms with Crippen LogP contribution in [0.2, 0.25) is 5.02 Å². The van der Waals surface area contributed by atoms with E-state index in [4.69, 9.17) is 16.4 Å². The zero-order valence-electron chi connectivity index (χ0n) is 10.8. The van der Waals surface area contributed by atoms with Gasteiger partial charge < -0.3 is 5.11 Å². The quantitative estimate of drug-likeness (QED) is 0.629. The molecule has 3 rings (SSSR count). The van der Waals surface area contributed by atoms with E-state index in [2.05, 4.69) is 0 Å². The largest absolute Gasteiger partial charge is 0.819 e. The molecular weight excluding hydrogens is 290 g/mol. The zero-order chi connectivity index (χ0) is 14.8. The predicted molar refractivity (Wildman–Crippen MR) is 76.3 cm³/mol. The summed E-state index contributed by atoms with van der Waals surface area (Å²) >= 11 is 5.80. The lowest BCUT2D eigenvalue weighted by Gasteiger charge is -2.00. The van der Waals surface area contributed by atoms with Gasteiger partial charge in [0.15, 0.2) is 0 Å². The van der Waals surface area contributed by atoms with Crippen molar-refractivity contribution in [3.63, 3.8) is 0 Å². The molecule has 0 aliphatic carbocycles. The monoisotopic (exact) mass is 299 g/mol. The molecule has 0 atom stereocenters. The summed E-state index contributed by atoms with van der Waals surface area (Å²) in [6.45, 7) is 0. The van der Waals surface area contributed by atoms with Gasteiger partial charge in [0, 0.05) is 15.3 Å². The number of rotatable bonds is 2. The van der Waals surface area contributed by atoms with E-state index in [1.807, 2.05) is 6.07 Å². The maximum absolute atomic E-state index is 12.3. The molecule has 104 valence electrons. The number of carbonyl (C=O) groups excluding carboxylic acids is 1. The van der Waals surface area contributed by atoms with Crippen molar-refractivity contribution in [2.45, 2.75) is 0 Å². The van der Waals surface area contributed by atoms with Gasteiger partial charge in [-0.05, 0) is 29.8 Å². The molecule has 0 amide bonds. The Morgan fingerprint density at radius 3 is 2.38 bits per heavy atom. The summed E-state index contributed by atoms with van der Waals surface area (Å²) in [5, 5.41) is 12.9. The van der Waals surface area contributed by atoms with Crippen LogP contribution >= 0.6 is 11.6 Å². The number of hydroxylamine groups is 1. The lowest BCUT2D eigenvalue weighted by atomic mass is 10.1. The maximum Gasteiger partial charge on any atom is 0.417 e. The molecule has 1 aliphatic rings. The lowest BCUT2D eigenvalue weighted by Crippen LogP contribution is -2.18. The van der Waals surface area contributed by atoms with Crippen molar-refractivity contribution in [1.82, 2.24) is 0 Å². The highest BCUT2D eigenvalue weighted by molar-refractivity contribution is 6.30. The van der Waals surface area contributed by atoms with Crippen molar-refractivity contribution in [3.05, 3.63) is 76.6 Å². The van der Waals surface area contributed by atoms with Crippen molar-refractivity contribution in [1.29, 1.82) is 0 Å². The topological polar surface area (TPSA) is 52.4 Å². The molecule has 5 heteroatoms. The van der Waals surface area contributed by atoms with Gasteiger partial charge in [0.05, 0.1) is 0 Å². The highest BCUT2D eigenvalue weighted by Gasteiger charge is 2.33. The first kappa shape index (κ1) is 13.4. The molecule has 0 fully saturated rings. The maximum atomic E-state index is 12.3. The second-order valence-electron chi connectivity index (χ2n) is 4.43. The molecule has 0 radical (unpaired) electrons. The third-order valence-corrected chi connectivity index (χ3v) is 3.25. The predicted octanol–water partition coefficient (Wildman–Crippen LogP) is 1.97. The minimum Gasteiger partial charge on any atom is -0.819 e. The van der Waals surface area contributed by atoms with Gasteiger partial charge >= 0.3 is 5.97 Å². The Labute approximate surface area is 126 Å². The summed E-state index contributed by atoms with van der Waals surface area (Å²) in [7, 11) is 0. The molecule has 0 unspecified atom stereocenters. The van der Waals surface area contributed by atoms with Crippen LogP contribution < -0.4 is 5.11 Å². The van der Waals surface area contributed by atoms with Gasteiger partial charge in [-0.15, -0.1) is 0 Å². The lowest BCUT2D eigenvalue weighted by molar-refractivity contribution is -0.770. The van der Waals surface area contributed by atoms with E-state index in [9.17, 15) is 9.90 Å². The summed E-state index contributed by atoms with van der Waals surface area (Å²) < 4.78 is 0.938. The van der Waals surface area contributed by atoms with Crippen LogP contribution in [0.3, 0.4) is 0 Å². The van der Waals surface area contributed by atoms with Crippen LogP contribution in [0.25, 0.3) is 5.57 Å². The molecule has 1 heterocycles. The Hall–Kier alpha value is -2.59. The number of halogens is 1. The van der Waals surface area contributed by atoms with Gasteiger partial charge in [-0.25, -0.2) is 4.79 Å². The van der Waals surface area contributed by atoms with Crippen molar-refractivity contribution in [3.8, 4) is 0 Å². The van der Waals surface area contributed by atoms with E-state index in [1.165, 1.54) is 6.21 Å². The van der Waals surface area contributed by atoms with Crippen molar-refractivity contribution >= 4 is 29.4 Å². The smallest absolute Gasteiger partial charge is 0.417 e. The van der Waals surface area contributed by atoms with Gasteiger partial charge in [0.25, 0.3) is 0 Å². The van der Waals surface area contributed by atoms with Crippen LogP contribution in [-0.4, -0.2) is 16.9 Å². The molecule has 4 nitrogen and oxygen atoms in total. The minimum atomic E-state index is -0.656. The molecule has 0 spiro atoms. The van der Waals surface area contributed by atoms with Crippen LogP contribution in [0.15, 0.2) is 60.5 Å². The van der Waals surface area contributed by atoms with Gasteiger partial charge in [0.1, 0.15) is 5.57 Å². The standard InChI is InChI=1S/C16H10ClNO3/c17-13-8-6-11(7-9-13)10-18-15(19)14(16(20)21-18)12-4-2-1-3-5-12/h1-10H/b18-10+. The first-order valence-electron chi connectivity index (χ1n) is 6.24. The molecule has 0 saturated heterocycles. The van der Waals surface area contributed by atoms with Gasteiger partial charge in [-0.3, -0.25) is 0 Å². The van der Waals surface area contributed by atoms with Crippen molar-refractivity contribution < 1.29 is 19.5 Å². The number of carbonyl (C=O) groups is 1. The molecule has 2 aromatic carbocycles. The third-order valence-electron chi connectivity index (χ3n) is 3.00. The highest BCUT2D eigenvalue weighted by Crippen LogP contribution is 2.24. The summed E-state index contributed by atoms with van der Waals surface area (Å²) in [4.78, 5) is 16.9. The Morgan fingerprint density at radius 2 is 1.71 bits per heavy atom. The van der Waals surface area contributed by atoms with E-state index in [0.717, 1.165) is 4.74 Å². The molecule has 0 N–H and O–H groups in total. The fourth-order valence-corrected chi connectivity index (χ4v) is 2.12. The van der Waals surface area contributed by atoms with Crippen molar-refractivity contribution in [2.24, 2.45) is 0 Å². The summed E-state index contributed by atoms with van der Waals surface area (Å²) in [6, 6.07) is 15.6. The average Bonchev–Trinajstić information content (AvgIpc) is 2.77. The van der Waals surface area contributed by atoms with Crippen LogP contribution in [0, 0.1) is 0 Å². The molecule has 21 heavy (non-hydrogen) atoms. The normalized spacial score (nSPS) is 16.4. The first-order chi connectivity index (χ1) is 10.1. The SMILES string of the molecule is O=C1O/[N+](=C/c2ccc(Cl)cc2)C([O-])=C1c1ccccc1.